The lowest BCUT2D eigenvalue weighted by atomic mass is 10.1. The van der Waals surface area contributed by atoms with Gasteiger partial charge in [0.2, 0.25) is 17.7 Å². The van der Waals surface area contributed by atoms with E-state index in [1.807, 2.05) is 24.3 Å². The van der Waals surface area contributed by atoms with E-state index >= 15 is 0 Å². The lowest BCUT2D eigenvalue weighted by molar-refractivity contribution is -0.122. The minimum atomic E-state index is -0.410. The van der Waals surface area contributed by atoms with Gasteiger partial charge in [-0.15, -0.1) is 0 Å². The molecular formula is C23H22N4O3. The van der Waals surface area contributed by atoms with Crippen LogP contribution in [0.15, 0.2) is 67.1 Å². The second-order valence-corrected chi connectivity index (χ2v) is 7.05. The van der Waals surface area contributed by atoms with Gasteiger partial charge in [0, 0.05) is 42.8 Å². The summed E-state index contributed by atoms with van der Waals surface area (Å²) < 4.78 is 5.66. The van der Waals surface area contributed by atoms with Crippen LogP contribution in [0.2, 0.25) is 0 Å². The Balaban J connectivity index is 1.43. The number of carbonyl (C=O) groups is 2. The maximum atomic E-state index is 12.8. The van der Waals surface area contributed by atoms with Crippen LogP contribution in [0.1, 0.15) is 18.9 Å². The first-order valence-electron chi connectivity index (χ1n) is 9.87. The average Bonchev–Trinajstić information content (AvgIpc) is 3.16. The van der Waals surface area contributed by atoms with Gasteiger partial charge in [-0.1, -0.05) is 31.2 Å². The van der Waals surface area contributed by atoms with Crippen LogP contribution in [0, 0.1) is 5.92 Å². The van der Waals surface area contributed by atoms with Gasteiger partial charge in [0.05, 0.1) is 12.1 Å². The highest BCUT2D eigenvalue weighted by Gasteiger charge is 2.35. The lowest BCUT2D eigenvalue weighted by Gasteiger charge is -2.20. The molecule has 1 N–H and O–H groups in total. The van der Waals surface area contributed by atoms with E-state index in [1.54, 1.807) is 41.6 Å². The number of hydrogen-bond acceptors (Lipinski definition) is 5. The fraction of sp³-hybridized carbons (Fsp3) is 0.217. The highest BCUT2D eigenvalue weighted by Crippen LogP contribution is 2.29. The van der Waals surface area contributed by atoms with Crippen molar-refractivity contribution in [1.29, 1.82) is 0 Å². The predicted octanol–water partition coefficient (Wildman–Crippen LogP) is 3.82. The number of ether oxygens (including phenoxy) is 1. The molecule has 2 amide bonds. The summed E-state index contributed by atoms with van der Waals surface area (Å²) in [5.41, 5.74) is 2.58. The van der Waals surface area contributed by atoms with Gasteiger partial charge >= 0.3 is 0 Å². The Labute approximate surface area is 174 Å². The third kappa shape index (κ3) is 4.30. The number of aryl methyl sites for hydroxylation is 1. The van der Waals surface area contributed by atoms with E-state index in [-0.39, 0.29) is 18.2 Å². The van der Waals surface area contributed by atoms with Crippen molar-refractivity contribution in [2.75, 3.05) is 16.8 Å². The van der Waals surface area contributed by atoms with Crippen LogP contribution >= 0.6 is 0 Å². The minimum absolute atomic E-state index is 0.0317. The molecule has 1 unspecified atom stereocenters. The molecule has 0 aliphatic carbocycles. The zero-order valence-electron chi connectivity index (χ0n) is 16.6. The molecular weight excluding hydrogens is 380 g/mol. The first kappa shape index (κ1) is 19.6. The number of nitrogens with zero attached hydrogens (tertiary/aromatic N) is 3. The SMILES string of the molecule is CCc1ccccc1N1CC(C(=O)Nc2cccc(Oc3cnccn3)c2)CC1=O. The van der Waals surface area contributed by atoms with Crippen molar-refractivity contribution in [3.05, 3.63) is 72.7 Å². The average molecular weight is 402 g/mol. The summed E-state index contributed by atoms with van der Waals surface area (Å²) >= 11 is 0. The van der Waals surface area contributed by atoms with Gasteiger partial charge in [-0.25, -0.2) is 4.98 Å². The molecule has 1 fully saturated rings. The van der Waals surface area contributed by atoms with E-state index in [0.29, 0.717) is 23.9 Å². The summed E-state index contributed by atoms with van der Waals surface area (Å²) in [6.45, 7) is 2.43. The molecule has 4 rings (SSSR count). The maximum Gasteiger partial charge on any atom is 0.237 e. The van der Waals surface area contributed by atoms with Crippen molar-refractivity contribution < 1.29 is 14.3 Å². The quantitative estimate of drug-likeness (QED) is 0.678. The molecule has 2 heterocycles. The van der Waals surface area contributed by atoms with Gasteiger partial charge in [-0.3, -0.25) is 14.6 Å². The largest absolute Gasteiger partial charge is 0.437 e. The Hall–Kier alpha value is -3.74. The van der Waals surface area contributed by atoms with Crippen molar-refractivity contribution >= 4 is 23.2 Å². The monoisotopic (exact) mass is 402 g/mol. The van der Waals surface area contributed by atoms with E-state index < -0.39 is 5.92 Å². The molecule has 3 aromatic rings. The molecule has 1 aliphatic rings. The number of nitrogens with one attached hydrogen (secondary N) is 1. The molecule has 0 spiro atoms. The number of rotatable bonds is 6. The summed E-state index contributed by atoms with van der Waals surface area (Å²) in [7, 11) is 0. The van der Waals surface area contributed by atoms with Crippen molar-refractivity contribution in [2.24, 2.45) is 5.92 Å². The molecule has 152 valence electrons. The number of anilines is 2. The molecule has 2 aromatic carbocycles. The second-order valence-electron chi connectivity index (χ2n) is 7.05. The summed E-state index contributed by atoms with van der Waals surface area (Å²) in [6, 6.07) is 14.9. The Kier molecular flexibility index (Phi) is 5.70. The molecule has 1 saturated heterocycles. The van der Waals surface area contributed by atoms with Crippen LogP contribution in [-0.4, -0.2) is 28.3 Å². The van der Waals surface area contributed by atoms with E-state index in [2.05, 4.69) is 22.2 Å². The zero-order chi connectivity index (χ0) is 20.9. The normalized spacial score (nSPS) is 15.8. The van der Waals surface area contributed by atoms with Gasteiger partial charge in [0.1, 0.15) is 5.75 Å². The van der Waals surface area contributed by atoms with E-state index in [4.69, 9.17) is 4.74 Å². The smallest absolute Gasteiger partial charge is 0.237 e. The minimum Gasteiger partial charge on any atom is -0.437 e. The Morgan fingerprint density at radius 1 is 1.20 bits per heavy atom. The van der Waals surface area contributed by atoms with Crippen molar-refractivity contribution in [3.63, 3.8) is 0 Å². The Morgan fingerprint density at radius 3 is 2.87 bits per heavy atom. The zero-order valence-corrected chi connectivity index (χ0v) is 16.6. The van der Waals surface area contributed by atoms with E-state index in [1.165, 1.54) is 6.20 Å². The van der Waals surface area contributed by atoms with Crippen molar-refractivity contribution in [2.45, 2.75) is 19.8 Å². The molecule has 1 aliphatic heterocycles. The number of hydrogen-bond donors (Lipinski definition) is 1. The lowest BCUT2D eigenvalue weighted by Crippen LogP contribution is -2.28. The van der Waals surface area contributed by atoms with Crippen LogP contribution in [-0.2, 0) is 16.0 Å². The molecule has 0 radical (unpaired) electrons. The van der Waals surface area contributed by atoms with E-state index in [9.17, 15) is 9.59 Å². The molecule has 0 saturated carbocycles. The van der Waals surface area contributed by atoms with Gasteiger partial charge in [0.25, 0.3) is 0 Å². The molecule has 1 atom stereocenters. The van der Waals surface area contributed by atoms with Crippen molar-refractivity contribution in [1.82, 2.24) is 9.97 Å². The summed E-state index contributed by atoms with van der Waals surface area (Å²) in [5.74, 6) is 0.279. The second kappa shape index (κ2) is 8.73. The Morgan fingerprint density at radius 2 is 2.07 bits per heavy atom. The number of aromatic nitrogens is 2. The van der Waals surface area contributed by atoms with Crippen molar-refractivity contribution in [3.8, 4) is 11.6 Å². The van der Waals surface area contributed by atoms with Crippen LogP contribution in [0.5, 0.6) is 11.6 Å². The number of amides is 2. The summed E-state index contributed by atoms with van der Waals surface area (Å²) in [4.78, 5) is 35.1. The van der Waals surface area contributed by atoms with Crippen LogP contribution < -0.4 is 15.0 Å². The van der Waals surface area contributed by atoms with Crippen LogP contribution in [0.4, 0.5) is 11.4 Å². The van der Waals surface area contributed by atoms with Gasteiger partial charge in [-0.2, -0.15) is 0 Å². The highest BCUT2D eigenvalue weighted by molar-refractivity contribution is 6.03. The van der Waals surface area contributed by atoms with Crippen LogP contribution in [0.3, 0.4) is 0 Å². The third-order valence-electron chi connectivity index (χ3n) is 5.02. The van der Waals surface area contributed by atoms with Gasteiger partial charge in [0.15, 0.2) is 0 Å². The molecule has 7 nitrogen and oxygen atoms in total. The fourth-order valence-electron chi connectivity index (χ4n) is 3.53. The molecule has 7 heteroatoms. The topological polar surface area (TPSA) is 84.4 Å². The number of benzene rings is 2. The summed E-state index contributed by atoms with van der Waals surface area (Å²) in [5, 5.41) is 2.90. The van der Waals surface area contributed by atoms with E-state index in [0.717, 1.165) is 17.7 Å². The Bertz CT molecular complexity index is 1060. The number of carbonyl (C=O) groups excluding carboxylic acids is 2. The standard InChI is InChI=1S/C23H22N4O3/c1-2-16-6-3-4-9-20(16)27-15-17(12-22(27)28)23(29)26-18-7-5-8-19(13-18)30-21-14-24-10-11-25-21/h3-11,13-14,17H,2,12,15H2,1H3,(H,26,29). The van der Waals surface area contributed by atoms with Gasteiger partial charge < -0.3 is 15.0 Å². The number of para-hydroxylation sites is 1. The molecule has 30 heavy (non-hydrogen) atoms. The van der Waals surface area contributed by atoms with Gasteiger partial charge in [-0.05, 0) is 30.2 Å². The first-order valence-corrected chi connectivity index (χ1v) is 9.87. The third-order valence-corrected chi connectivity index (χ3v) is 5.02. The maximum absolute atomic E-state index is 12.8. The fourth-order valence-corrected chi connectivity index (χ4v) is 3.53. The highest BCUT2D eigenvalue weighted by atomic mass is 16.5. The summed E-state index contributed by atoms with van der Waals surface area (Å²) in [6.07, 6.45) is 5.64. The molecule has 1 aromatic heterocycles. The first-order chi connectivity index (χ1) is 14.6. The van der Waals surface area contributed by atoms with Crippen LogP contribution in [0.25, 0.3) is 0 Å². The molecule has 0 bridgehead atoms. The predicted molar refractivity (Wildman–Crippen MR) is 113 cm³/mol.